The summed E-state index contributed by atoms with van der Waals surface area (Å²) in [6.07, 6.45) is -2.65. The molecule has 6 aromatic rings. The molecule has 496 valence electrons. The zero-order valence-electron chi connectivity index (χ0n) is 52.7. The Bertz CT molecular complexity index is 3200. The molecule has 0 aliphatic carbocycles. The van der Waals surface area contributed by atoms with Crippen LogP contribution in [0.5, 0.6) is 0 Å². The number of piperazine rings is 2. The minimum Gasteiger partial charge on any atom is -0.542 e. The number of benzene rings is 6. The van der Waals surface area contributed by atoms with Gasteiger partial charge in [0.25, 0.3) is 11.8 Å². The molecular weight excluding hydrogens is 1200 g/mol. The summed E-state index contributed by atoms with van der Waals surface area (Å²) in [5.74, 6) is -6.72. The van der Waals surface area contributed by atoms with Crippen LogP contribution in [0.4, 0.5) is 35.1 Å². The third-order valence-corrected chi connectivity index (χ3v) is 16.9. The Morgan fingerprint density at radius 1 is 0.489 bits per heavy atom. The first-order chi connectivity index (χ1) is 43.6. The lowest BCUT2D eigenvalue weighted by Gasteiger charge is -2.38. The topological polar surface area (TPSA) is 169 Å². The molecule has 2 atom stereocenters. The van der Waals surface area contributed by atoms with Crippen molar-refractivity contribution >= 4 is 23.8 Å². The van der Waals surface area contributed by atoms with Gasteiger partial charge >= 0.3 is 12.4 Å². The standard InChI is InChI=1S/2C33H41FN4O.2C2HF3O2/c2*1-25-22-37(15-14-35-25)23-27-8-6-10-29(18-27)31-20-26(12-13-32(31)34)21-36-33(39)30-11-7-9-28(19-30)24-38(2)16-4-3-5-17-38;2*3-2(4,5)1(6)7/h2*6-13,18-20,25,35H,3-5,14-17,21-24H2,1-2H3;2*(H,6,7)/t2*25-;;/m00../s1. The Kier molecular flexibility index (Phi) is 26.0. The molecule has 22 heteroatoms. The van der Waals surface area contributed by atoms with Crippen molar-refractivity contribution in [2.24, 2.45) is 0 Å². The third kappa shape index (κ3) is 22.9. The van der Waals surface area contributed by atoms with Crippen LogP contribution in [-0.4, -0.2) is 146 Å². The monoisotopic (exact) mass is 1280 g/mol. The van der Waals surface area contributed by atoms with Gasteiger partial charge in [-0.3, -0.25) is 19.4 Å². The van der Waals surface area contributed by atoms with Crippen LogP contribution in [0.3, 0.4) is 0 Å². The van der Waals surface area contributed by atoms with Gasteiger partial charge in [-0.25, -0.2) is 8.78 Å². The maximum atomic E-state index is 14.9. The lowest BCUT2D eigenvalue weighted by atomic mass is 10.00. The number of nitrogens with one attached hydrogen (secondary N) is 4. The summed E-state index contributed by atoms with van der Waals surface area (Å²) in [5.41, 5.74) is 10.7. The van der Waals surface area contributed by atoms with Crippen LogP contribution < -0.4 is 31.5 Å². The van der Waals surface area contributed by atoms with E-state index in [1.54, 1.807) is 12.1 Å². The molecule has 92 heavy (non-hydrogen) atoms. The van der Waals surface area contributed by atoms with E-state index in [0.717, 1.165) is 96.7 Å². The van der Waals surface area contributed by atoms with Crippen LogP contribution in [0.2, 0.25) is 0 Å². The molecule has 4 aliphatic heterocycles. The van der Waals surface area contributed by atoms with E-state index in [2.05, 4.69) is 95.4 Å². The molecule has 10 rings (SSSR count). The van der Waals surface area contributed by atoms with Crippen LogP contribution in [0.15, 0.2) is 133 Å². The summed E-state index contributed by atoms with van der Waals surface area (Å²) in [7, 11) is 4.64. The Morgan fingerprint density at radius 2 is 0.837 bits per heavy atom. The Morgan fingerprint density at radius 3 is 1.18 bits per heavy atom. The van der Waals surface area contributed by atoms with Gasteiger partial charge in [0.2, 0.25) is 0 Å². The maximum absolute atomic E-state index is 14.9. The van der Waals surface area contributed by atoms with Crippen LogP contribution in [0.25, 0.3) is 22.3 Å². The first kappa shape index (κ1) is 71.8. The van der Waals surface area contributed by atoms with Crippen molar-refractivity contribution in [3.63, 3.8) is 0 Å². The molecule has 4 saturated heterocycles. The van der Waals surface area contributed by atoms with Crippen molar-refractivity contribution in [3.8, 4) is 22.3 Å². The number of nitrogens with zero attached hydrogens (tertiary/aromatic N) is 4. The fraction of sp³-hybridized carbons (Fsp3) is 0.429. The Balaban J connectivity index is 0.000000216. The lowest BCUT2D eigenvalue weighted by Crippen LogP contribution is -2.48. The molecule has 4 aliphatic rings. The molecular formula is C70H84F8N8O6. The van der Waals surface area contributed by atoms with E-state index >= 15 is 0 Å². The normalized spacial score (nSPS) is 18.3. The second-order valence-corrected chi connectivity index (χ2v) is 25.1. The summed E-state index contributed by atoms with van der Waals surface area (Å²) >= 11 is 0. The summed E-state index contributed by atoms with van der Waals surface area (Å²) in [6.45, 7) is 19.5. The number of amides is 2. The van der Waals surface area contributed by atoms with Crippen LogP contribution in [0, 0.1) is 11.6 Å². The Hall–Kier alpha value is -7.60. The highest BCUT2D eigenvalue weighted by atomic mass is 19.4. The maximum Gasteiger partial charge on any atom is 0.430 e. The number of aliphatic carboxylic acids is 2. The zero-order chi connectivity index (χ0) is 66.6. The van der Waals surface area contributed by atoms with Gasteiger partial charge in [-0.1, -0.05) is 72.8 Å². The highest BCUT2D eigenvalue weighted by molar-refractivity contribution is 5.95. The molecule has 0 aromatic heterocycles. The van der Waals surface area contributed by atoms with Gasteiger partial charge in [0.05, 0.1) is 40.3 Å². The SMILES string of the molecule is C[C@H]1CN(Cc2cccc(-c3cc(CNC(=O)c4cccc(C[N+]5(C)CCCCC5)c4)ccc3F)c2)CCN1.C[C@H]1CN(Cc2cccc(-c3cc(CNC(=O)c4cccc(C[N+]5(C)CCCCC5)c4)ccc3F)c2)CCN1.O=C([O-])C(F)(F)F.O=C([O-])C(F)(F)F. The number of carboxylic acids is 2. The van der Waals surface area contributed by atoms with Crippen LogP contribution in [-0.2, 0) is 48.9 Å². The van der Waals surface area contributed by atoms with Gasteiger partial charge in [0, 0.05) is 111 Å². The molecule has 0 spiro atoms. The van der Waals surface area contributed by atoms with Gasteiger partial charge in [-0.15, -0.1) is 0 Å². The first-order valence-electron chi connectivity index (χ1n) is 31.3. The van der Waals surface area contributed by atoms with E-state index in [0.29, 0.717) is 47.4 Å². The molecule has 0 saturated carbocycles. The van der Waals surface area contributed by atoms with Gasteiger partial charge in [-0.05, 0) is 146 Å². The minimum atomic E-state index is -5.19. The summed E-state index contributed by atoms with van der Waals surface area (Å²) < 4.78 is 95.0. The molecule has 2 amide bonds. The van der Waals surface area contributed by atoms with Crippen LogP contribution in [0.1, 0.15) is 106 Å². The number of rotatable bonds is 16. The quantitative estimate of drug-likeness (QED) is 0.0542. The Labute approximate surface area is 533 Å². The summed E-state index contributed by atoms with van der Waals surface area (Å²) in [4.78, 5) is 48.5. The summed E-state index contributed by atoms with van der Waals surface area (Å²) in [5, 5.41) is 30.6. The molecule has 0 radical (unpaired) electrons. The van der Waals surface area contributed by atoms with Crippen molar-refractivity contribution in [1.29, 1.82) is 0 Å². The predicted molar refractivity (Wildman–Crippen MR) is 333 cm³/mol. The fourth-order valence-electron chi connectivity index (χ4n) is 12.2. The van der Waals surface area contributed by atoms with Crippen molar-refractivity contribution in [3.05, 3.63) is 190 Å². The molecule has 14 nitrogen and oxygen atoms in total. The van der Waals surface area contributed by atoms with E-state index in [-0.39, 0.29) is 23.4 Å². The average Bonchev–Trinajstić information content (AvgIpc) is 0.902. The molecule has 4 fully saturated rings. The molecule has 0 bridgehead atoms. The molecule has 4 N–H and O–H groups in total. The summed E-state index contributed by atoms with van der Waals surface area (Å²) in [6, 6.07) is 43.5. The van der Waals surface area contributed by atoms with Crippen molar-refractivity contribution < 1.29 is 73.5 Å². The van der Waals surface area contributed by atoms with Crippen molar-refractivity contribution in [2.45, 2.75) is 116 Å². The highest BCUT2D eigenvalue weighted by Crippen LogP contribution is 2.29. The second kappa shape index (κ2) is 33.3. The largest absolute Gasteiger partial charge is 0.542 e. The fourth-order valence-corrected chi connectivity index (χ4v) is 12.2. The smallest absolute Gasteiger partial charge is 0.430 e. The zero-order valence-corrected chi connectivity index (χ0v) is 52.7. The number of hydrogen-bond acceptors (Lipinski definition) is 10. The van der Waals surface area contributed by atoms with Crippen LogP contribution >= 0.6 is 0 Å². The number of likely N-dealkylation sites (tertiary alicyclic amines) is 2. The number of hydrogen-bond donors (Lipinski definition) is 4. The van der Waals surface area contributed by atoms with E-state index in [1.807, 2.05) is 72.8 Å². The van der Waals surface area contributed by atoms with Gasteiger partial charge < -0.3 is 50.0 Å². The number of carbonyl (C=O) groups is 4. The first-order valence-corrected chi connectivity index (χ1v) is 31.3. The number of piperidine rings is 2. The number of carboxylic acid groups (broad SMARTS) is 2. The van der Waals surface area contributed by atoms with Gasteiger partial charge in [-0.2, -0.15) is 26.3 Å². The number of carbonyl (C=O) groups excluding carboxylic acids is 4. The van der Waals surface area contributed by atoms with Crippen molar-refractivity contribution in [1.82, 2.24) is 31.1 Å². The van der Waals surface area contributed by atoms with Gasteiger partial charge in [0.15, 0.2) is 0 Å². The van der Waals surface area contributed by atoms with Crippen molar-refractivity contribution in [2.75, 3.05) is 79.5 Å². The van der Waals surface area contributed by atoms with Gasteiger partial charge in [0.1, 0.15) is 36.7 Å². The minimum absolute atomic E-state index is 0.101. The van der Waals surface area contributed by atoms with E-state index < -0.39 is 24.3 Å². The molecule has 4 heterocycles. The average molecular weight is 1290 g/mol. The molecule has 6 aromatic carbocycles. The van der Waals surface area contributed by atoms with E-state index in [1.165, 1.54) is 99.1 Å². The predicted octanol–water partition coefficient (Wildman–Crippen LogP) is 9.29. The van der Waals surface area contributed by atoms with E-state index in [4.69, 9.17) is 19.8 Å². The number of alkyl halides is 6. The lowest BCUT2D eigenvalue weighted by molar-refractivity contribution is -0.926. The number of quaternary nitrogens is 2. The highest BCUT2D eigenvalue weighted by Gasteiger charge is 2.30. The second-order valence-electron chi connectivity index (χ2n) is 25.1. The van der Waals surface area contributed by atoms with E-state index in [9.17, 15) is 44.7 Å². The molecule has 0 unspecified atom stereocenters. The third-order valence-electron chi connectivity index (χ3n) is 16.9. The number of halogens is 8.